The summed E-state index contributed by atoms with van der Waals surface area (Å²) in [6.45, 7) is 6.64. The van der Waals surface area contributed by atoms with E-state index in [4.69, 9.17) is 4.74 Å². The molecule has 0 radical (unpaired) electrons. The number of nitrogens with one attached hydrogen (secondary N) is 1. The van der Waals surface area contributed by atoms with Crippen LogP contribution in [0.2, 0.25) is 0 Å². The van der Waals surface area contributed by atoms with Gasteiger partial charge in [0.2, 0.25) is 0 Å². The van der Waals surface area contributed by atoms with Crippen molar-refractivity contribution in [3.05, 3.63) is 29.3 Å². The van der Waals surface area contributed by atoms with E-state index in [1.165, 1.54) is 24.0 Å². The molecule has 92 valence electrons. The summed E-state index contributed by atoms with van der Waals surface area (Å²) in [7, 11) is 0. The topological polar surface area (TPSA) is 21.3 Å². The second kappa shape index (κ2) is 4.02. The maximum Gasteiger partial charge on any atom is 0.122 e. The molecule has 3 rings (SSSR count). The monoisotopic (exact) mass is 231 g/mol. The molecule has 1 atom stereocenters. The number of benzene rings is 1. The van der Waals surface area contributed by atoms with Crippen LogP contribution in [0, 0.1) is 5.92 Å². The Bertz CT molecular complexity index is 419. The normalized spacial score (nSPS) is 27.2. The van der Waals surface area contributed by atoms with Crippen molar-refractivity contribution in [1.29, 1.82) is 0 Å². The summed E-state index contributed by atoms with van der Waals surface area (Å²) >= 11 is 0. The van der Waals surface area contributed by atoms with Crippen LogP contribution < -0.4 is 10.1 Å². The van der Waals surface area contributed by atoms with E-state index < -0.39 is 0 Å². The van der Waals surface area contributed by atoms with Gasteiger partial charge >= 0.3 is 0 Å². The summed E-state index contributed by atoms with van der Waals surface area (Å²) in [4.78, 5) is 0. The molecule has 0 amide bonds. The molecule has 0 aliphatic carbocycles. The van der Waals surface area contributed by atoms with E-state index >= 15 is 0 Å². The van der Waals surface area contributed by atoms with Gasteiger partial charge in [0.1, 0.15) is 5.75 Å². The molecule has 2 aliphatic rings. The van der Waals surface area contributed by atoms with Crippen LogP contribution in [0.3, 0.4) is 0 Å². The number of ether oxygens (including phenoxy) is 1. The minimum atomic E-state index is 0.192. The molecule has 1 unspecified atom stereocenters. The van der Waals surface area contributed by atoms with E-state index in [-0.39, 0.29) is 5.54 Å². The highest BCUT2D eigenvalue weighted by Crippen LogP contribution is 2.40. The van der Waals surface area contributed by atoms with Gasteiger partial charge in [-0.3, -0.25) is 0 Å². The summed E-state index contributed by atoms with van der Waals surface area (Å²) in [6.07, 6.45) is 3.60. The average Bonchev–Trinajstić information content (AvgIpc) is 2.97. The quantitative estimate of drug-likeness (QED) is 0.845. The van der Waals surface area contributed by atoms with E-state index in [9.17, 15) is 0 Å². The van der Waals surface area contributed by atoms with E-state index in [0.717, 1.165) is 25.3 Å². The Morgan fingerprint density at radius 2 is 2.24 bits per heavy atom. The molecule has 0 saturated carbocycles. The van der Waals surface area contributed by atoms with Gasteiger partial charge in [-0.1, -0.05) is 26.0 Å². The minimum absolute atomic E-state index is 0.192. The lowest BCUT2D eigenvalue weighted by Crippen LogP contribution is -2.41. The summed E-state index contributed by atoms with van der Waals surface area (Å²) in [6, 6.07) is 6.77. The van der Waals surface area contributed by atoms with Gasteiger partial charge < -0.3 is 10.1 Å². The highest BCUT2D eigenvalue weighted by atomic mass is 16.5. The first-order valence-electron chi connectivity index (χ1n) is 6.73. The maximum absolute atomic E-state index is 5.59. The first-order valence-corrected chi connectivity index (χ1v) is 6.73. The third-order valence-electron chi connectivity index (χ3n) is 4.38. The van der Waals surface area contributed by atoms with Crippen LogP contribution in [-0.4, -0.2) is 13.2 Å². The number of hydrogen-bond donors (Lipinski definition) is 1. The van der Waals surface area contributed by atoms with Gasteiger partial charge in [-0.15, -0.1) is 0 Å². The van der Waals surface area contributed by atoms with E-state index in [0.29, 0.717) is 5.92 Å². The van der Waals surface area contributed by atoms with Crippen LogP contribution in [0.4, 0.5) is 0 Å². The summed E-state index contributed by atoms with van der Waals surface area (Å²) in [5, 5.41) is 3.74. The molecule has 1 fully saturated rings. The molecular formula is C15H21NO. The molecule has 0 bridgehead atoms. The molecule has 2 heteroatoms. The average molecular weight is 231 g/mol. The van der Waals surface area contributed by atoms with E-state index in [1.54, 1.807) is 0 Å². The summed E-state index contributed by atoms with van der Waals surface area (Å²) in [5.41, 5.74) is 3.03. The maximum atomic E-state index is 5.59. The van der Waals surface area contributed by atoms with E-state index in [2.05, 4.69) is 37.4 Å². The molecular weight excluding hydrogens is 210 g/mol. The summed E-state index contributed by atoms with van der Waals surface area (Å²) < 4.78 is 5.59. The molecule has 0 aromatic heterocycles. The first kappa shape index (κ1) is 11.1. The molecule has 17 heavy (non-hydrogen) atoms. The second-order valence-electron chi connectivity index (χ2n) is 5.58. The van der Waals surface area contributed by atoms with Crippen LogP contribution in [0.1, 0.15) is 37.8 Å². The summed E-state index contributed by atoms with van der Waals surface area (Å²) in [5.74, 6) is 1.72. The van der Waals surface area contributed by atoms with Crippen molar-refractivity contribution in [2.45, 2.75) is 38.6 Å². The fraction of sp³-hybridized carbons (Fsp3) is 0.600. The van der Waals surface area contributed by atoms with Crippen molar-refractivity contribution in [2.75, 3.05) is 13.2 Å². The molecule has 2 aliphatic heterocycles. The van der Waals surface area contributed by atoms with Gasteiger partial charge in [0, 0.05) is 12.0 Å². The van der Waals surface area contributed by atoms with Gasteiger partial charge in [-0.05, 0) is 42.5 Å². The lowest BCUT2D eigenvalue weighted by Gasteiger charge is -2.35. The zero-order valence-electron chi connectivity index (χ0n) is 10.8. The fourth-order valence-corrected chi connectivity index (χ4v) is 3.30. The third-order valence-corrected chi connectivity index (χ3v) is 4.38. The smallest absolute Gasteiger partial charge is 0.122 e. The van der Waals surface area contributed by atoms with E-state index in [1.807, 2.05) is 0 Å². The zero-order valence-corrected chi connectivity index (χ0v) is 10.8. The highest BCUT2D eigenvalue weighted by molar-refractivity contribution is 5.42. The number of rotatable bonds is 2. The van der Waals surface area contributed by atoms with Crippen LogP contribution >= 0.6 is 0 Å². The minimum Gasteiger partial charge on any atom is -0.493 e. The van der Waals surface area contributed by atoms with Gasteiger partial charge in [-0.25, -0.2) is 0 Å². The van der Waals surface area contributed by atoms with Crippen molar-refractivity contribution in [1.82, 2.24) is 5.32 Å². The Morgan fingerprint density at radius 3 is 2.94 bits per heavy atom. The second-order valence-corrected chi connectivity index (χ2v) is 5.58. The van der Waals surface area contributed by atoms with Gasteiger partial charge in [0.05, 0.1) is 6.61 Å². The molecule has 1 aromatic rings. The molecule has 0 spiro atoms. The van der Waals surface area contributed by atoms with Crippen molar-refractivity contribution >= 4 is 0 Å². The largest absolute Gasteiger partial charge is 0.493 e. The Morgan fingerprint density at radius 1 is 1.35 bits per heavy atom. The van der Waals surface area contributed by atoms with Crippen molar-refractivity contribution in [3.8, 4) is 5.75 Å². The lowest BCUT2D eigenvalue weighted by molar-refractivity contribution is 0.277. The van der Waals surface area contributed by atoms with Crippen LogP contribution in [0.25, 0.3) is 0 Å². The Kier molecular flexibility index (Phi) is 2.62. The van der Waals surface area contributed by atoms with Gasteiger partial charge in [-0.2, -0.15) is 0 Å². The number of hydrogen-bond acceptors (Lipinski definition) is 2. The zero-order chi connectivity index (χ0) is 11.9. The van der Waals surface area contributed by atoms with Crippen LogP contribution in [0.5, 0.6) is 5.75 Å². The predicted molar refractivity (Wildman–Crippen MR) is 69.4 cm³/mol. The fourth-order valence-electron chi connectivity index (χ4n) is 3.30. The van der Waals surface area contributed by atoms with Gasteiger partial charge in [0.25, 0.3) is 0 Å². The number of fused-ring (bicyclic) bond motifs is 1. The van der Waals surface area contributed by atoms with Crippen molar-refractivity contribution in [3.63, 3.8) is 0 Å². The van der Waals surface area contributed by atoms with Crippen LogP contribution in [-0.2, 0) is 12.0 Å². The predicted octanol–water partition coefficient (Wildman–Crippen LogP) is 2.86. The Balaban J connectivity index is 2.02. The molecule has 1 aromatic carbocycles. The molecule has 2 nitrogen and oxygen atoms in total. The SMILES string of the molecule is CC(C)C1(c2ccc3c(c2)CCO3)CCCN1. The van der Waals surface area contributed by atoms with Gasteiger partial charge in [0.15, 0.2) is 0 Å². The van der Waals surface area contributed by atoms with Crippen molar-refractivity contribution < 1.29 is 4.74 Å². The molecule has 2 heterocycles. The third kappa shape index (κ3) is 1.66. The standard InChI is InChI=1S/C15H21NO/c1-11(2)15(7-3-8-16-15)13-4-5-14-12(10-13)6-9-17-14/h4-5,10-11,16H,3,6-9H2,1-2H3. The Hall–Kier alpha value is -1.02. The van der Waals surface area contributed by atoms with Crippen LogP contribution in [0.15, 0.2) is 18.2 Å². The Labute approximate surface area is 103 Å². The molecule has 1 saturated heterocycles. The highest BCUT2D eigenvalue weighted by Gasteiger charge is 2.38. The van der Waals surface area contributed by atoms with Crippen molar-refractivity contribution in [2.24, 2.45) is 5.92 Å². The lowest BCUT2D eigenvalue weighted by atomic mass is 9.78. The molecule has 1 N–H and O–H groups in total. The first-order chi connectivity index (χ1) is 8.22.